The zero-order valence-electron chi connectivity index (χ0n) is 22.3. The summed E-state index contributed by atoms with van der Waals surface area (Å²) in [7, 11) is 0. The van der Waals surface area contributed by atoms with Crippen molar-refractivity contribution in [1.29, 1.82) is 0 Å². The van der Waals surface area contributed by atoms with Gasteiger partial charge in [-0.2, -0.15) is 0 Å². The molecule has 0 amide bonds. The first-order valence-corrected chi connectivity index (χ1v) is 12.5. The molecule has 3 rings (SSSR count). The molecule has 2 bridgehead atoms. The van der Waals surface area contributed by atoms with Crippen LogP contribution in [0.1, 0.15) is 52.9 Å². The predicted molar refractivity (Wildman–Crippen MR) is 135 cm³/mol. The van der Waals surface area contributed by atoms with Crippen LogP contribution in [0.25, 0.3) is 0 Å². The summed E-state index contributed by atoms with van der Waals surface area (Å²) in [6.45, 7) is 15.1. The van der Waals surface area contributed by atoms with Gasteiger partial charge in [-0.05, 0) is 52.4 Å². The van der Waals surface area contributed by atoms with Crippen molar-refractivity contribution in [1.82, 2.24) is 0 Å². The van der Waals surface area contributed by atoms with Crippen LogP contribution in [-0.4, -0.2) is 77.5 Å². The first-order chi connectivity index (χ1) is 17.8. The maximum Gasteiger partial charge on any atom is 0.333 e. The molecule has 3 N–H and O–H groups in total. The largest absolute Gasteiger partial charge is 0.478 e. The fourth-order valence-electron chi connectivity index (χ4n) is 4.21. The second-order valence-corrected chi connectivity index (χ2v) is 9.60. The molecule has 38 heavy (non-hydrogen) atoms. The van der Waals surface area contributed by atoms with Crippen molar-refractivity contribution in [2.24, 2.45) is 17.8 Å². The standard InChI is InChI=1S/C17H24O6.C6H10O3.C4H6O2/c1-9(2)16(19)23-15-11-7-10(14(15)18)8-12(11)17(20)22-13-5-3-4-6-21-13;1-5(2)6(8)9-4-3-7;1-3(2)4(5)6/h10-15,18H,1,3-8H2,2H3;7H,1,3-4H2,2H3;1H2,2H3,(H,5,6). The van der Waals surface area contributed by atoms with Crippen molar-refractivity contribution in [2.75, 3.05) is 19.8 Å². The van der Waals surface area contributed by atoms with E-state index in [1.165, 1.54) is 6.92 Å². The second-order valence-electron chi connectivity index (χ2n) is 9.60. The van der Waals surface area contributed by atoms with E-state index in [9.17, 15) is 24.3 Å². The zero-order chi connectivity index (χ0) is 29.0. The fourth-order valence-corrected chi connectivity index (χ4v) is 4.21. The van der Waals surface area contributed by atoms with Crippen molar-refractivity contribution in [3.05, 3.63) is 36.5 Å². The van der Waals surface area contributed by atoms with E-state index >= 15 is 0 Å². The number of hydrogen-bond acceptors (Lipinski definition) is 10. The summed E-state index contributed by atoms with van der Waals surface area (Å²) < 4.78 is 20.7. The van der Waals surface area contributed by atoms with E-state index in [0.29, 0.717) is 25.0 Å². The van der Waals surface area contributed by atoms with Gasteiger partial charge in [-0.25, -0.2) is 14.4 Å². The molecular formula is C27H40O11. The van der Waals surface area contributed by atoms with Crippen LogP contribution in [0.2, 0.25) is 0 Å². The van der Waals surface area contributed by atoms with E-state index in [-0.39, 0.29) is 48.1 Å². The van der Waals surface area contributed by atoms with Crippen LogP contribution in [0.15, 0.2) is 36.5 Å². The number of carbonyl (C=O) groups excluding carboxylic acids is 3. The highest BCUT2D eigenvalue weighted by Gasteiger charge is 2.57. The summed E-state index contributed by atoms with van der Waals surface area (Å²) in [5.41, 5.74) is 0.813. The van der Waals surface area contributed by atoms with Crippen molar-refractivity contribution < 1.29 is 53.4 Å². The van der Waals surface area contributed by atoms with Gasteiger partial charge in [-0.3, -0.25) is 4.79 Å². The van der Waals surface area contributed by atoms with Gasteiger partial charge in [-0.1, -0.05) is 19.7 Å². The van der Waals surface area contributed by atoms with Crippen LogP contribution >= 0.6 is 0 Å². The molecule has 0 aromatic rings. The van der Waals surface area contributed by atoms with E-state index < -0.39 is 36.4 Å². The Kier molecular flexibility index (Phi) is 13.9. The van der Waals surface area contributed by atoms with Crippen LogP contribution in [0.3, 0.4) is 0 Å². The molecule has 2 aliphatic carbocycles. The first kappa shape index (κ1) is 33.0. The topological polar surface area (TPSA) is 166 Å². The molecule has 11 heteroatoms. The molecule has 6 atom stereocenters. The van der Waals surface area contributed by atoms with Gasteiger partial charge in [0.2, 0.25) is 6.29 Å². The molecule has 3 aliphatic rings. The average molecular weight is 541 g/mol. The summed E-state index contributed by atoms with van der Waals surface area (Å²) in [5.74, 6) is -2.75. The van der Waals surface area contributed by atoms with Gasteiger partial charge in [0.1, 0.15) is 12.7 Å². The minimum atomic E-state index is -0.935. The highest BCUT2D eigenvalue weighted by Crippen LogP contribution is 2.50. The van der Waals surface area contributed by atoms with E-state index in [2.05, 4.69) is 24.5 Å². The number of aliphatic carboxylic acids is 1. The Morgan fingerprint density at radius 2 is 1.53 bits per heavy atom. The molecule has 0 spiro atoms. The summed E-state index contributed by atoms with van der Waals surface area (Å²) >= 11 is 0. The Morgan fingerprint density at radius 1 is 0.921 bits per heavy atom. The number of ether oxygens (including phenoxy) is 4. The fraction of sp³-hybridized carbons (Fsp3) is 0.630. The Morgan fingerprint density at radius 3 is 1.97 bits per heavy atom. The minimum absolute atomic E-state index is 0.0206. The molecule has 0 aromatic heterocycles. The number of aliphatic hydroxyl groups excluding tert-OH is 2. The molecule has 0 radical (unpaired) electrons. The van der Waals surface area contributed by atoms with Crippen LogP contribution in [-0.2, 0) is 38.1 Å². The first-order valence-electron chi connectivity index (χ1n) is 12.5. The lowest BCUT2D eigenvalue weighted by atomic mass is 9.85. The predicted octanol–water partition coefficient (Wildman–Crippen LogP) is 2.31. The van der Waals surface area contributed by atoms with Crippen molar-refractivity contribution in [3.8, 4) is 0 Å². The highest BCUT2D eigenvalue weighted by atomic mass is 16.7. The van der Waals surface area contributed by atoms with Gasteiger partial charge >= 0.3 is 23.9 Å². The Labute approximate surface area is 223 Å². The number of esters is 3. The van der Waals surface area contributed by atoms with Gasteiger partial charge in [-0.15, -0.1) is 0 Å². The minimum Gasteiger partial charge on any atom is -0.478 e. The summed E-state index contributed by atoms with van der Waals surface area (Å²) in [5, 5.41) is 26.3. The number of rotatable bonds is 8. The summed E-state index contributed by atoms with van der Waals surface area (Å²) in [6.07, 6.45) is 2.15. The van der Waals surface area contributed by atoms with Crippen molar-refractivity contribution in [2.45, 2.75) is 71.4 Å². The van der Waals surface area contributed by atoms with E-state index in [1.54, 1.807) is 13.8 Å². The van der Waals surface area contributed by atoms with E-state index in [4.69, 9.17) is 24.4 Å². The summed E-state index contributed by atoms with van der Waals surface area (Å²) in [6, 6.07) is 0. The van der Waals surface area contributed by atoms with Gasteiger partial charge in [0.25, 0.3) is 0 Å². The van der Waals surface area contributed by atoms with Gasteiger partial charge in [0, 0.05) is 29.1 Å². The molecule has 3 fully saturated rings. The lowest BCUT2D eigenvalue weighted by molar-refractivity contribution is -0.196. The summed E-state index contributed by atoms with van der Waals surface area (Å²) in [4.78, 5) is 44.2. The maximum absolute atomic E-state index is 12.4. The lowest BCUT2D eigenvalue weighted by Crippen LogP contribution is -2.43. The lowest BCUT2D eigenvalue weighted by Gasteiger charge is -2.32. The molecule has 0 aromatic carbocycles. The van der Waals surface area contributed by atoms with Gasteiger partial charge in [0.15, 0.2) is 0 Å². The molecule has 1 aliphatic heterocycles. The van der Waals surface area contributed by atoms with Crippen LogP contribution in [0.5, 0.6) is 0 Å². The molecule has 2 saturated carbocycles. The molecule has 11 nitrogen and oxygen atoms in total. The molecular weight excluding hydrogens is 500 g/mol. The number of carboxylic acid groups (broad SMARTS) is 1. The van der Waals surface area contributed by atoms with Crippen LogP contribution in [0.4, 0.5) is 0 Å². The number of aliphatic hydroxyl groups is 2. The Balaban J connectivity index is 0.000000399. The van der Waals surface area contributed by atoms with E-state index in [1.807, 2.05) is 0 Å². The Hall–Kier alpha value is -3.02. The third-order valence-electron chi connectivity index (χ3n) is 6.21. The van der Waals surface area contributed by atoms with Crippen LogP contribution in [0, 0.1) is 17.8 Å². The zero-order valence-corrected chi connectivity index (χ0v) is 22.3. The number of carbonyl (C=O) groups is 4. The molecule has 214 valence electrons. The quantitative estimate of drug-likeness (QED) is 0.235. The average Bonchev–Trinajstić information content (AvgIpc) is 3.43. The molecule has 1 heterocycles. The molecule has 1 saturated heterocycles. The number of carboxylic acids is 1. The SMILES string of the molecule is C=C(C)C(=O)O.C=C(C)C(=O)OC1C(O)C2CC(C(=O)OC3CCCCO3)C1C2.C=C(C)C(=O)OCCO. The van der Waals surface area contributed by atoms with E-state index in [0.717, 1.165) is 19.3 Å². The monoisotopic (exact) mass is 540 g/mol. The third kappa shape index (κ3) is 10.4. The molecule has 6 unspecified atom stereocenters. The smallest absolute Gasteiger partial charge is 0.333 e. The number of hydrogen-bond donors (Lipinski definition) is 3. The van der Waals surface area contributed by atoms with Crippen LogP contribution < -0.4 is 0 Å². The van der Waals surface area contributed by atoms with Crippen molar-refractivity contribution in [3.63, 3.8) is 0 Å². The highest BCUT2D eigenvalue weighted by molar-refractivity contribution is 5.87. The van der Waals surface area contributed by atoms with Gasteiger partial charge < -0.3 is 34.3 Å². The third-order valence-corrected chi connectivity index (χ3v) is 6.21. The Bertz CT molecular complexity index is 875. The maximum atomic E-state index is 12.4. The number of fused-ring (bicyclic) bond motifs is 2. The normalized spacial score (nSPS) is 26.9. The van der Waals surface area contributed by atoms with Gasteiger partial charge in [0.05, 0.1) is 25.2 Å². The van der Waals surface area contributed by atoms with Crippen molar-refractivity contribution >= 4 is 23.9 Å². The second kappa shape index (κ2) is 16.1.